The van der Waals surface area contributed by atoms with Gasteiger partial charge in [0.1, 0.15) is 5.69 Å². The van der Waals surface area contributed by atoms with E-state index in [2.05, 4.69) is 5.10 Å². The minimum Gasteiger partial charge on any atom is -0.476 e. The van der Waals surface area contributed by atoms with Gasteiger partial charge in [0.2, 0.25) is 0 Å². The predicted molar refractivity (Wildman–Crippen MR) is 77.7 cm³/mol. The van der Waals surface area contributed by atoms with Crippen molar-refractivity contribution in [2.24, 2.45) is 0 Å². The van der Waals surface area contributed by atoms with Gasteiger partial charge in [-0.15, -0.1) is 0 Å². The summed E-state index contributed by atoms with van der Waals surface area (Å²) in [5.74, 6) is -0.481. The van der Waals surface area contributed by atoms with Crippen molar-refractivity contribution in [3.63, 3.8) is 0 Å². The van der Waals surface area contributed by atoms with Gasteiger partial charge in [-0.25, -0.2) is 9.48 Å². The van der Waals surface area contributed by atoms with Gasteiger partial charge >= 0.3 is 5.97 Å². The van der Waals surface area contributed by atoms with E-state index >= 15 is 0 Å². The third kappa shape index (κ3) is 2.23. The van der Waals surface area contributed by atoms with E-state index in [1.165, 1.54) is 6.07 Å². The Balaban J connectivity index is 2.29. The number of carbonyl (C=O) groups is 1. The molecule has 1 aromatic carbocycles. The second-order valence-corrected chi connectivity index (χ2v) is 4.85. The van der Waals surface area contributed by atoms with Crippen molar-refractivity contribution in [1.29, 1.82) is 0 Å². The molecule has 5 heteroatoms. The lowest BCUT2D eigenvalue weighted by molar-refractivity contribution is 0.0690. The van der Waals surface area contributed by atoms with Crippen molar-refractivity contribution in [1.82, 2.24) is 9.78 Å². The van der Waals surface area contributed by atoms with Crippen LogP contribution in [0.4, 0.5) is 0 Å². The molecule has 0 spiro atoms. The Morgan fingerprint density at radius 2 is 1.90 bits per heavy atom. The lowest BCUT2D eigenvalue weighted by Gasteiger charge is -2.12. The second-order valence-electron chi connectivity index (χ2n) is 4.85. The highest BCUT2D eigenvalue weighted by Gasteiger charge is 2.19. The number of hydrogen-bond donors (Lipinski definition) is 1. The summed E-state index contributed by atoms with van der Waals surface area (Å²) in [5.41, 5.74) is 3.51. The number of rotatable bonds is 3. The van der Waals surface area contributed by atoms with Crippen LogP contribution in [-0.2, 0) is 0 Å². The van der Waals surface area contributed by atoms with Gasteiger partial charge in [0.05, 0.1) is 12.0 Å². The molecule has 0 aliphatic carbocycles. The average molecular weight is 282 g/mol. The maximum atomic E-state index is 11.2. The fourth-order valence-electron chi connectivity index (χ4n) is 2.40. The SMILES string of the molecule is Cc1cccc(C)c1-n1nc(C(=O)O)cc1-c1ccco1. The third-order valence-electron chi connectivity index (χ3n) is 3.35. The second kappa shape index (κ2) is 4.94. The van der Waals surface area contributed by atoms with E-state index in [9.17, 15) is 9.90 Å². The minimum atomic E-state index is -1.06. The lowest BCUT2D eigenvalue weighted by Crippen LogP contribution is -2.05. The van der Waals surface area contributed by atoms with Crippen LogP contribution in [0.5, 0.6) is 0 Å². The Hall–Kier alpha value is -2.82. The van der Waals surface area contributed by atoms with E-state index in [1.807, 2.05) is 32.0 Å². The van der Waals surface area contributed by atoms with Crippen molar-refractivity contribution < 1.29 is 14.3 Å². The van der Waals surface area contributed by atoms with Crippen molar-refractivity contribution in [2.45, 2.75) is 13.8 Å². The van der Waals surface area contributed by atoms with Crippen molar-refractivity contribution in [3.8, 4) is 17.1 Å². The monoisotopic (exact) mass is 282 g/mol. The molecule has 2 heterocycles. The van der Waals surface area contributed by atoms with Gasteiger partial charge in [0, 0.05) is 6.07 Å². The number of aryl methyl sites for hydroxylation is 2. The Labute approximate surface area is 121 Å². The number of hydrogen-bond acceptors (Lipinski definition) is 3. The summed E-state index contributed by atoms with van der Waals surface area (Å²) in [4.78, 5) is 11.2. The molecule has 5 nitrogen and oxygen atoms in total. The van der Waals surface area contributed by atoms with E-state index in [0.29, 0.717) is 11.5 Å². The fourth-order valence-corrected chi connectivity index (χ4v) is 2.40. The maximum absolute atomic E-state index is 11.2. The number of carboxylic acid groups (broad SMARTS) is 1. The molecule has 0 atom stereocenters. The van der Waals surface area contributed by atoms with Gasteiger partial charge in [-0.05, 0) is 37.1 Å². The zero-order valence-electron chi connectivity index (χ0n) is 11.7. The van der Waals surface area contributed by atoms with Crippen LogP contribution < -0.4 is 0 Å². The molecular weight excluding hydrogens is 268 g/mol. The first kappa shape index (κ1) is 13.2. The van der Waals surface area contributed by atoms with Crippen LogP contribution >= 0.6 is 0 Å². The fraction of sp³-hybridized carbons (Fsp3) is 0.125. The zero-order chi connectivity index (χ0) is 15.0. The Morgan fingerprint density at radius 1 is 1.19 bits per heavy atom. The first-order valence-electron chi connectivity index (χ1n) is 6.52. The largest absolute Gasteiger partial charge is 0.476 e. The predicted octanol–water partition coefficient (Wildman–Crippen LogP) is 3.45. The number of carboxylic acids is 1. The molecule has 3 aromatic rings. The minimum absolute atomic E-state index is 0.0101. The summed E-state index contributed by atoms with van der Waals surface area (Å²) < 4.78 is 7.03. The summed E-state index contributed by atoms with van der Waals surface area (Å²) >= 11 is 0. The molecule has 0 aliphatic heterocycles. The average Bonchev–Trinajstić information content (AvgIpc) is 3.07. The van der Waals surface area contributed by atoms with Gasteiger partial charge in [0.15, 0.2) is 11.5 Å². The quantitative estimate of drug-likeness (QED) is 0.799. The van der Waals surface area contributed by atoms with E-state index in [1.54, 1.807) is 23.1 Å². The van der Waals surface area contributed by atoms with Gasteiger partial charge < -0.3 is 9.52 Å². The summed E-state index contributed by atoms with van der Waals surface area (Å²) in [6, 6.07) is 11.0. The summed E-state index contributed by atoms with van der Waals surface area (Å²) in [5, 5.41) is 13.4. The van der Waals surface area contributed by atoms with Crippen LogP contribution in [0.15, 0.2) is 47.1 Å². The van der Waals surface area contributed by atoms with Crippen LogP contribution in [0, 0.1) is 13.8 Å². The van der Waals surface area contributed by atoms with E-state index in [4.69, 9.17) is 4.42 Å². The molecule has 0 amide bonds. The number of furan rings is 1. The van der Waals surface area contributed by atoms with Crippen molar-refractivity contribution in [3.05, 3.63) is 59.5 Å². The molecular formula is C16H14N2O3. The summed E-state index contributed by atoms with van der Waals surface area (Å²) in [7, 11) is 0. The molecule has 0 fully saturated rings. The van der Waals surface area contributed by atoms with Crippen LogP contribution in [-0.4, -0.2) is 20.9 Å². The molecule has 2 aromatic heterocycles. The highest BCUT2D eigenvalue weighted by atomic mass is 16.4. The normalized spacial score (nSPS) is 10.8. The molecule has 3 rings (SSSR count). The maximum Gasteiger partial charge on any atom is 0.356 e. The van der Waals surface area contributed by atoms with Gasteiger partial charge in [-0.1, -0.05) is 18.2 Å². The van der Waals surface area contributed by atoms with Gasteiger partial charge in [0.25, 0.3) is 0 Å². The van der Waals surface area contributed by atoms with Crippen LogP contribution in [0.25, 0.3) is 17.1 Å². The Kier molecular flexibility index (Phi) is 3.10. The summed E-state index contributed by atoms with van der Waals surface area (Å²) in [6.45, 7) is 3.94. The first-order valence-corrected chi connectivity index (χ1v) is 6.52. The van der Waals surface area contributed by atoms with Crippen LogP contribution in [0.2, 0.25) is 0 Å². The lowest BCUT2D eigenvalue weighted by atomic mass is 10.1. The van der Waals surface area contributed by atoms with Crippen LogP contribution in [0.3, 0.4) is 0 Å². The Morgan fingerprint density at radius 3 is 2.48 bits per heavy atom. The number of nitrogens with zero attached hydrogens (tertiary/aromatic N) is 2. The number of benzene rings is 1. The first-order chi connectivity index (χ1) is 10.1. The number of aromatic carboxylic acids is 1. The number of aromatic nitrogens is 2. The molecule has 1 N–H and O–H groups in total. The standard InChI is InChI=1S/C16H14N2O3/c1-10-5-3-6-11(2)15(10)18-13(14-7-4-8-21-14)9-12(17-18)16(19)20/h3-9H,1-2H3,(H,19,20). The molecule has 106 valence electrons. The number of para-hydroxylation sites is 1. The highest BCUT2D eigenvalue weighted by Crippen LogP contribution is 2.27. The van der Waals surface area contributed by atoms with Crippen molar-refractivity contribution in [2.75, 3.05) is 0 Å². The van der Waals surface area contributed by atoms with Crippen molar-refractivity contribution >= 4 is 5.97 Å². The smallest absolute Gasteiger partial charge is 0.356 e. The third-order valence-corrected chi connectivity index (χ3v) is 3.35. The summed E-state index contributed by atoms with van der Waals surface area (Å²) in [6.07, 6.45) is 1.55. The molecule has 0 unspecified atom stereocenters. The molecule has 0 saturated heterocycles. The zero-order valence-corrected chi connectivity index (χ0v) is 11.7. The van der Waals surface area contributed by atoms with Crippen LogP contribution in [0.1, 0.15) is 21.6 Å². The topological polar surface area (TPSA) is 68.3 Å². The molecule has 0 aliphatic rings. The van der Waals surface area contributed by atoms with E-state index < -0.39 is 5.97 Å². The van der Waals surface area contributed by atoms with Gasteiger partial charge in [-0.2, -0.15) is 5.10 Å². The highest BCUT2D eigenvalue weighted by molar-refractivity contribution is 5.87. The molecule has 0 bridgehead atoms. The van der Waals surface area contributed by atoms with E-state index in [0.717, 1.165) is 16.8 Å². The molecule has 0 radical (unpaired) electrons. The Bertz CT molecular complexity index is 781. The van der Waals surface area contributed by atoms with E-state index in [-0.39, 0.29) is 5.69 Å². The molecule has 0 saturated carbocycles. The molecule has 21 heavy (non-hydrogen) atoms. The van der Waals surface area contributed by atoms with Gasteiger partial charge in [-0.3, -0.25) is 0 Å².